The lowest BCUT2D eigenvalue weighted by Crippen LogP contribution is -2.52. The van der Waals surface area contributed by atoms with Crippen molar-refractivity contribution in [2.24, 2.45) is 5.92 Å². The number of hydrogen-bond donors (Lipinski definition) is 0. The summed E-state index contributed by atoms with van der Waals surface area (Å²) in [5, 5.41) is 4.58. The van der Waals surface area contributed by atoms with E-state index in [0.29, 0.717) is 25.2 Å². The summed E-state index contributed by atoms with van der Waals surface area (Å²) >= 11 is 1.15. The number of likely N-dealkylation sites (tertiary alicyclic amines) is 1. The van der Waals surface area contributed by atoms with Crippen LogP contribution in [0.2, 0.25) is 0 Å². The van der Waals surface area contributed by atoms with Gasteiger partial charge in [-0.15, -0.1) is 0 Å². The van der Waals surface area contributed by atoms with Crippen LogP contribution in [0.4, 0.5) is 0 Å². The van der Waals surface area contributed by atoms with Gasteiger partial charge in [-0.3, -0.25) is 9.59 Å². The highest BCUT2D eigenvalue weighted by atomic mass is 32.1. The Morgan fingerprint density at radius 1 is 1.11 bits per heavy atom. The Balaban J connectivity index is 1.25. The Labute approximate surface area is 160 Å². The Morgan fingerprint density at radius 3 is 2.81 bits per heavy atom. The lowest BCUT2D eigenvalue weighted by atomic mass is 9.96. The van der Waals surface area contributed by atoms with Crippen LogP contribution in [0, 0.1) is 5.92 Å². The summed E-state index contributed by atoms with van der Waals surface area (Å²) in [6.45, 7) is 1.87. The van der Waals surface area contributed by atoms with Crippen molar-refractivity contribution < 1.29 is 4.79 Å². The Kier molecular flexibility index (Phi) is 4.00. The van der Waals surface area contributed by atoms with Gasteiger partial charge in [-0.25, -0.2) is 4.68 Å². The normalized spacial score (nSPS) is 17.0. The van der Waals surface area contributed by atoms with E-state index in [2.05, 4.69) is 13.8 Å². The molecular weight excluding hydrogens is 362 g/mol. The molecule has 0 saturated carbocycles. The quantitative estimate of drug-likeness (QED) is 0.692. The van der Waals surface area contributed by atoms with Gasteiger partial charge in [-0.1, -0.05) is 0 Å². The molecule has 0 unspecified atom stereocenters. The molecule has 1 aromatic carbocycles. The van der Waals surface area contributed by atoms with Crippen LogP contribution in [0.3, 0.4) is 0 Å². The van der Waals surface area contributed by atoms with Crippen LogP contribution in [0.5, 0.6) is 0 Å². The van der Waals surface area contributed by atoms with E-state index in [1.165, 1.54) is 0 Å². The maximum absolute atomic E-state index is 12.6. The van der Waals surface area contributed by atoms with Crippen molar-refractivity contribution in [1.29, 1.82) is 0 Å². The van der Waals surface area contributed by atoms with Gasteiger partial charge in [-0.2, -0.15) is 13.8 Å². The summed E-state index contributed by atoms with van der Waals surface area (Å²) < 4.78 is 9.94. The van der Waals surface area contributed by atoms with Gasteiger partial charge < -0.3 is 4.90 Å². The number of carbonyl (C=O) groups is 1. The molecule has 8 heteroatoms. The Morgan fingerprint density at radius 2 is 1.93 bits per heavy atom. The summed E-state index contributed by atoms with van der Waals surface area (Å²) in [5.74, 6) is 0.275. The van der Waals surface area contributed by atoms with Gasteiger partial charge in [0.25, 0.3) is 11.5 Å². The zero-order chi connectivity index (χ0) is 18.4. The first-order valence-corrected chi connectivity index (χ1v) is 10.0. The zero-order valence-corrected chi connectivity index (χ0v) is 15.6. The molecule has 27 heavy (non-hydrogen) atoms. The van der Waals surface area contributed by atoms with E-state index in [0.717, 1.165) is 59.7 Å². The smallest absolute Gasteiger partial charge is 0.267 e. The van der Waals surface area contributed by atoms with Crippen molar-refractivity contribution in [2.75, 3.05) is 13.1 Å². The van der Waals surface area contributed by atoms with Crippen LogP contribution in [0.25, 0.3) is 11.0 Å². The molecule has 1 saturated heterocycles. The molecule has 3 heterocycles. The molecule has 3 aromatic rings. The van der Waals surface area contributed by atoms with Crippen molar-refractivity contribution in [3.8, 4) is 0 Å². The van der Waals surface area contributed by atoms with Crippen LogP contribution in [0.1, 0.15) is 34.5 Å². The van der Waals surface area contributed by atoms with E-state index in [1.54, 1.807) is 22.9 Å². The monoisotopic (exact) mass is 381 g/mol. The third-order valence-corrected chi connectivity index (χ3v) is 6.01. The van der Waals surface area contributed by atoms with Crippen molar-refractivity contribution in [3.63, 3.8) is 0 Å². The fraction of sp³-hybridized carbons (Fsp3) is 0.421. The number of fused-ring (bicyclic) bond motifs is 2. The molecule has 5 rings (SSSR count). The van der Waals surface area contributed by atoms with Gasteiger partial charge in [0.2, 0.25) is 0 Å². The summed E-state index contributed by atoms with van der Waals surface area (Å²) in [5.41, 5.74) is 4.36. The number of aryl methyl sites for hydroxylation is 2. The lowest BCUT2D eigenvalue weighted by molar-refractivity contribution is 0.0458. The number of rotatable bonds is 3. The fourth-order valence-corrected chi connectivity index (χ4v) is 4.44. The first kappa shape index (κ1) is 16.6. The SMILES string of the molecule is O=C(c1ccc2nsnc2c1)N1CC(Cn2nc3c(cc2=O)CCCC3)C1. The number of aromatic nitrogens is 4. The van der Waals surface area contributed by atoms with E-state index >= 15 is 0 Å². The second kappa shape index (κ2) is 6.53. The highest BCUT2D eigenvalue weighted by molar-refractivity contribution is 7.00. The van der Waals surface area contributed by atoms with E-state index in [-0.39, 0.29) is 17.4 Å². The average Bonchev–Trinajstić information content (AvgIpc) is 3.11. The van der Waals surface area contributed by atoms with Crippen LogP contribution in [-0.4, -0.2) is 42.4 Å². The Bertz CT molecular complexity index is 1080. The second-order valence-corrected chi connectivity index (χ2v) is 7.92. The van der Waals surface area contributed by atoms with E-state index in [4.69, 9.17) is 0 Å². The molecule has 0 atom stereocenters. The summed E-state index contributed by atoms with van der Waals surface area (Å²) in [4.78, 5) is 26.8. The fourth-order valence-electron chi connectivity index (χ4n) is 3.93. The lowest BCUT2D eigenvalue weighted by Gasteiger charge is -2.39. The number of nitrogens with zero attached hydrogens (tertiary/aromatic N) is 5. The molecule has 7 nitrogen and oxygen atoms in total. The molecule has 1 aliphatic heterocycles. The molecular formula is C19H19N5O2S. The standard InChI is InChI=1S/C19H19N5O2S/c25-18-8-13-3-1-2-4-15(13)20-24(18)11-12-9-23(10-12)19(26)14-5-6-16-17(7-14)22-27-21-16/h5-8,12H,1-4,9-11H2. The van der Waals surface area contributed by atoms with Gasteiger partial charge in [0.1, 0.15) is 11.0 Å². The van der Waals surface area contributed by atoms with Crippen LogP contribution >= 0.6 is 11.7 Å². The maximum atomic E-state index is 12.6. The van der Waals surface area contributed by atoms with Crippen molar-refractivity contribution in [1.82, 2.24) is 23.4 Å². The first-order valence-electron chi connectivity index (χ1n) is 9.29. The van der Waals surface area contributed by atoms with Gasteiger partial charge >= 0.3 is 0 Å². The number of hydrogen-bond acceptors (Lipinski definition) is 6. The van der Waals surface area contributed by atoms with Crippen LogP contribution < -0.4 is 5.56 Å². The molecule has 1 amide bonds. The third kappa shape index (κ3) is 3.03. The number of amides is 1. The third-order valence-electron chi connectivity index (χ3n) is 5.45. The average molecular weight is 381 g/mol. The predicted molar refractivity (Wildman–Crippen MR) is 102 cm³/mol. The molecule has 0 N–H and O–H groups in total. The number of benzene rings is 1. The molecule has 2 aromatic heterocycles. The van der Waals surface area contributed by atoms with Crippen molar-refractivity contribution in [2.45, 2.75) is 32.2 Å². The van der Waals surface area contributed by atoms with Crippen molar-refractivity contribution >= 4 is 28.7 Å². The summed E-state index contributed by atoms with van der Waals surface area (Å²) in [7, 11) is 0. The molecule has 0 radical (unpaired) electrons. The largest absolute Gasteiger partial charge is 0.338 e. The first-order chi connectivity index (χ1) is 13.2. The second-order valence-electron chi connectivity index (χ2n) is 7.39. The maximum Gasteiger partial charge on any atom is 0.267 e. The molecule has 1 fully saturated rings. The number of carbonyl (C=O) groups excluding carboxylic acids is 1. The molecule has 1 aliphatic carbocycles. The van der Waals surface area contributed by atoms with Gasteiger partial charge in [-0.05, 0) is 49.4 Å². The van der Waals surface area contributed by atoms with Crippen LogP contribution in [-0.2, 0) is 19.4 Å². The molecule has 0 spiro atoms. The zero-order valence-electron chi connectivity index (χ0n) is 14.8. The van der Waals surface area contributed by atoms with E-state index in [9.17, 15) is 9.59 Å². The minimum absolute atomic E-state index is 0.00639. The highest BCUT2D eigenvalue weighted by Gasteiger charge is 2.32. The topological polar surface area (TPSA) is 81.0 Å². The van der Waals surface area contributed by atoms with Gasteiger partial charge in [0.15, 0.2) is 0 Å². The Hall–Kier alpha value is -2.61. The molecule has 138 valence electrons. The molecule has 0 bridgehead atoms. The van der Waals surface area contributed by atoms with Gasteiger partial charge in [0, 0.05) is 30.6 Å². The predicted octanol–water partition coefficient (Wildman–Crippen LogP) is 1.90. The van der Waals surface area contributed by atoms with E-state index < -0.39 is 0 Å². The van der Waals surface area contributed by atoms with Crippen LogP contribution in [0.15, 0.2) is 29.1 Å². The van der Waals surface area contributed by atoms with Gasteiger partial charge in [0.05, 0.1) is 24.0 Å². The van der Waals surface area contributed by atoms with E-state index in [1.807, 2.05) is 11.0 Å². The summed E-state index contributed by atoms with van der Waals surface area (Å²) in [6.07, 6.45) is 4.20. The minimum atomic E-state index is -0.0260. The summed E-state index contributed by atoms with van der Waals surface area (Å²) in [6, 6.07) is 7.18. The molecule has 2 aliphatic rings. The highest BCUT2D eigenvalue weighted by Crippen LogP contribution is 2.22. The van der Waals surface area contributed by atoms with Crippen molar-refractivity contribution in [3.05, 3.63) is 51.4 Å². The minimum Gasteiger partial charge on any atom is -0.338 e.